The van der Waals surface area contributed by atoms with Gasteiger partial charge < -0.3 is 24.9 Å². The molecule has 116 valence electrons. The van der Waals surface area contributed by atoms with Crippen LogP contribution in [0.5, 0.6) is 0 Å². The average Bonchev–Trinajstić information content (AvgIpc) is 3.03. The molecule has 0 saturated carbocycles. The molecule has 0 bridgehead atoms. The van der Waals surface area contributed by atoms with Crippen LogP contribution >= 0.6 is 17.0 Å². The van der Waals surface area contributed by atoms with Crippen LogP contribution in [0.3, 0.4) is 0 Å². The van der Waals surface area contributed by atoms with E-state index >= 15 is 0 Å². The third-order valence-corrected chi connectivity index (χ3v) is 3.16. The number of anilines is 1. The minimum absolute atomic E-state index is 0. The molecule has 0 aliphatic carbocycles. The second-order valence-electron chi connectivity index (χ2n) is 4.50. The molecule has 0 radical (unpaired) electrons. The summed E-state index contributed by atoms with van der Waals surface area (Å²) in [4.78, 5) is 32.3. The minimum Gasteiger partial charge on any atom is -0.463 e. The molecule has 0 spiro atoms. The number of aromatic amines is 2. The van der Waals surface area contributed by atoms with E-state index in [9.17, 15) is 9.59 Å². The van der Waals surface area contributed by atoms with Crippen LogP contribution in [-0.4, -0.2) is 9.97 Å². The van der Waals surface area contributed by atoms with Gasteiger partial charge in [-0.2, -0.15) is 0 Å². The number of nitrogen functional groups attached to an aromatic ring is 1. The normalized spacial score (nSPS) is 9.87. The summed E-state index contributed by atoms with van der Waals surface area (Å²) >= 11 is 0. The Morgan fingerprint density at radius 2 is 2.00 bits per heavy atom. The van der Waals surface area contributed by atoms with Crippen molar-refractivity contribution in [3.63, 3.8) is 0 Å². The van der Waals surface area contributed by atoms with Gasteiger partial charge in [-0.3, -0.25) is 4.79 Å². The smallest absolute Gasteiger partial charge is 0.272 e. The topological polar surface area (TPSA) is 109 Å². The highest BCUT2D eigenvalue weighted by Gasteiger charge is 2.19. The maximum absolute atomic E-state index is 12.6. The molecule has 0 saturated heterocycles. The van der Waals surface area contributed by atoms with E-state index in [1.807, 2.05) is 0 Å². The van der Waals surface area contributed by atoms with Gasteiger partial charge in [0.2, 0.25) is 5.56 Å². The Kier molecular flexibility index (Phi) is 4.52. The monoisotopic (exact) mass is 374 g/mol. The van der Waals surface area contributed by atoms with Crippen LogP contribution in [-0.2, 0) is 0 Å². The van der Waals surface area contributed by atoms with E-state index in [0.717, 1.165) is 0 Å². The van der Waals surface area contributed by atoms with Gasteiger partial charge in [-0.05, 0) is 18.2 Å². The van der Waals surface area contributed by atoms with Crippen molar-refractivity contribution in [2.45, 2.75) is 0 Å². The van der Waals surface area contributed by atoms with E-state index in [0.29, 0.717) is 17.0 Å². The molecule has 7 nitrogen and oxygen atoms in total. The highest BCUT2D eigenvalue weighted by Crippen LogP contribution is 2.31. The van der Waals surface area contributed by atoms with E-state index in [1.54, 1.807) is 12.1 Å². The molecule has 3 rings (SSSR count). The summed E-state index contributed by atoms with van der Waals surface area (Å²) in [6.07, 6.45) is 2.87. The summed E-state index contributed by atoms with van der Waals surface area (Å²) in [6, 6.07) is 6.13. The second kappa shape index (κ2) is 6.37. The number of aromatic nitrogens is 2. The fourth-order valence-electron chi connectivity index (χ4n) is 2.17. The zero-order chi connectivity index (χ0) is 15.7. The van der Waals surface area contributed by atoms with Crippen molar-refractivity contribution in [2.24, 2.45) is 0 Å². The Bertz CT molecular complexity index is 977. The number of rotatable bonds is 2. The fraction of sp³-hybridized carbons (Fsp3) is 0. The first-order valence-corrected chi connectivity index (χ1v) is 6.28. The number of nitrogens with two attached hydrogens (primary N) is 1. The van der Waals surface area contributed by atoms with Crippen LogP contribution in [0.15, 0.2) is 50.7 Å². The Labute approximate surface area is 140 Å². The van der Waals surface area contributed by atoms with Gasteiger partial charge in [0.1, 0.15) is 5.82 Å². The van der Waals surface area contributed by atoms with Crippen molar-refractivity contribution in [3.05, 3.63) is 68.7 Å². The lowest BCUT2D eigenvalue weighted by Crippen LogP contribution is -2.12. The second-order valence-corrected chi connectivity index (χ2v) is 4.50. The van der Waals surface area contributed by atoms with Crippen molar-refractivity contribution in [1.82, 2.24) is 9.97 Å². The number of H-pyrrole nitrogens is 2. The van der Waals surface area contributed by atoms with Crippen LogP contribution in [0.4, 0.5) is 11.5 Å². The summed E-state index contributed by atoms with van der Waals surface area (Å²) < 4.78 is 5.31. The number of nitrogens with one attached hydrogen (secondary N) is 2. The molecule has 0 unspecified atom stereocenters. The van der Waals surface area contributed by atoms with E-state index in [1.165, 1.54) is 24.6 Å². The van der Waals surface area contributed by atoms with Gasteiger partial charge in [0.15, 0.2) is 11.2 Å². The molecular weight excluding hydrogens is 364 g/mol. The van der Waals surface area contributed by atoms with Gasteiger partial charge in [-0.15, -0.1) is 17.0 Å². The SMILES string of the molecule is Br.[C-]#[N+]c1c(N)[nH]c(-c2ccco2)c(-c2ccc(=O)[nH]c2)c1=O. The van der Waals surface area contributed by atoms with Crippen molar-refractivity contribution in [3.8, 4) is 22.6 Å². The maximum Gasteiger partial charge on any atom is 0.272 e. The van der Waals surface area contributed by atoms with Gasteiger partial charge in [-0.1, -0.05) is 0 Å². The summed E-state index contributed by atoms with van der Waals surface area (Å²) in [5, 5.41) is 0. The number of furan rings is 1. The molecule has 0 atom stereocenters. The predicted octanol–water partition coefficient (Wildman–Crippen LogP) is 2.70. The zero-order valence-electron chi connectivity index (χ0n) is 11.6. The largest absolute Gasteiger partial charge is 0.463 e. The minimum atomic E-state index is -0.523. The number of nitrogens with zero attached hydrogens (tertiary/aromatic N) is 1. The molecule has 0 aliphatic heterocycles. The van der Waals surface area contributed by atoms with Crippen molar-refractivity contribution < 1.29 is 4.42 Å². The highest BCUT2D eigenvalue weighted by molar-refractivity contribution is 8.93. The van der Waals surface area contributed by atoms with Gasteiger partial charge in [-0.25, -0.2) is 4.85 Å². The molecule has 3 aromatic heterocycles. The maximum atomic E-state index is 12.6. The third-order valence-electron chi connectivity index (χ3n) is 3.16. The Hall–Kier alpha value is -3.05. The van der Waals surface area contributed by atoms with E-state index in [-0.39, 0.29) is 39.6 Å². The van der Waals surface area contributed by atoms with Crippen molar-refractivity contribution >= 4 is 28.5 Å². The third kappa shape index (κ3) is 2.82. The Morgan fingerprint density at radius 3 is 2.57 bits per heavy atom. The van der Waals surface area contributed by atoms with E-state index < -0.39 is 5.43 Å². The van der Waals surface area contributed by atoms with Gasteiger partial charge in [0, 0.05) is 23.4 Å². The lowest BCUT2D eigenvalue weighted by Gasteiger charge is -2.10. The summed E-state index contributed by atoms with van der Waals surface area (Å²) in [5.41, 5.74) is 5.75. The molecule has 0 fully saturated rings. The number of hydrogen-bond donors (Lipinski definition) is 3. The summed E-state index contributed by atoms with van der Waals surface area (Å²) in [5.74, 6) is 0.376. The molecule has 0 amide bonds. The molecule has 3 aromatic rings. The predicted molar refractivity (Wildman–Crippen MR) is 91.8 cm³/mol. The molecular formula is C15H11BrN4O3. The van der Waals surface area contributed by atoms with Gasteiger partial charge >= 0.3 is 0 Å². The van der Waals surface area contributed by atoms with Gasteiger partial charge in [0.25, 0.3) is 5.69 Å². The summed E-state index contributed by atoms with van der Waals surface area (Å²) in [7, 11) is 0. The Morgan fingerprint density at radius 1 is 1.22 bits per heavy atom. The zero-order valence-corrected chi connectivity index (χ0v) is 13.3. The van der Waals surface area contributed by atoms with Gasteiger partial charge in [0.05, 0.1) is 18.5 Å². The first-order chi connectivity index (χ1) is 10.6. The summed E-state index contributed by atoms with van der Waals surface area (Å²) in [6.45, 7) is 7.11. The molecule has 4 N–H and O–H groups in total. The van der Waals surface area contributed by atoms with Crippen LogP contribution in [0.1, 0.15) is 0 Å². The Balaban J connectivity index is 0.00000192. The molecule has 0 aromatic carbocycles. The average molecular weight is 375 g/mol. The first kappa shape index (κ1) is 16.3. The number of halogens is 1. The fourth-order valence-corrected chi connectivity index (χ4v) is 2.17. The standard InChI is InChI=1S/C15H10N4O3.BrH/c1-17-13-14(21)11(8-4-5-10(20)18-7-8)12(19-15(13)16)9-3-2-6-22-9;/h2-7H,(H,18,20)(H3,16,19,21);1H. The lowest BCUT2D eigenvalue weighted by molar-refractivity contribution is 0.580. The van der Waals surface area contributed by atoms with Crippen molar-refractivity contribution in [2.75, 3.05) is 5.73 Å². The molecule has 0 aliphatic rings. The van der Waals surface area contributed by atoms with Crippen LogP contribution < -0.4 is 16.7 Å². The van der Waals surface area contributed by atoms with Crippen LogP contribution in [0, 0.1) is 6.57 Å². The van der Waals surface area contributed by atoms with E-state index in [4.69, 9.17) is 16.7 Å². The number of hydrogen-bond acceptors (Lipinski definition) is 4. The first-order valence-electron chi connectivity index (χ1n) is 6.28. The van der Waals surface area contributed by atoms with Crippen LogP contribution in [0.2, 0.25) is 0 Å². The molecule has 3 heterocycles. The molecule has 8 heteroatoms. The van der Waals surface area contributed by atoms with Crippen molar-refractivity contribution in [1.29, 1.82) is 0 Å². The lowest BCUT2D eigenvalue weighted by atomic mass is 10.0. The number of pyridine rings is 2. The highest BCUT2D eigenvalue weighted by atomic mass is 79.9. The molecule has 23 heavy (non-hydrogen) atoms. The quantitative estimate of drug-likeness (QED) is 0.599. The van der Waals surface area contributed by atoms with E-state index in [2.05, 4.69) is 14.8 Å². The van der Waals surface area contributed by atoms with Crippen LogP contribution in [0.25, 0.3) is 27.4 Å².